The van der Waals surface area contributed by atoms with Gasteiger partial charge in [0.2, 0.25) is 5.91 Å². The molecule has 0 saturated heterocycles. The largest absolute Gasteiger partial charge is 0.355 e. The Labute approximate surface area is 129 Å². The van der Waals surface area contributed by atoms with Crippen LogP contribution in [0.4, 0.5) is 0 Å². The lowest BCUT2D eigenvalue weighted by Crippen LogP contribution is -2.40. The number of nitrogens with two attached hydrogens (primary N) is 1. The number of nitrogens with zero attached hydrogens (tertiary/aromatic N) is 1. The molecule has 0 spiro atoms. The molecule has 3 N–H and O–H groups in total. The van der Waals surface area contributed by atoms with Crippen LogP contribution in [0, 0.1) is 5.92 Å². The zero-order valence-electron chi connectivity index (χ0n) is 12.1. The van der Waals surface area contributed by atoms with Crippen LogP contribution in [-0.4, -0.2) is 43.0 Å². The van der Waals surface area contributed by atoms with Crippen LogP contribution < -0.4 is 11.1 Å². The van der Waals surface area contributed by atoms with Gasteiger partial charge in [0.1, 0.15) is 0 Å². The fourth-order valence-corrected chi connectivity index (χ4v) is 2.49. The van der Waals surface area contributed by atoms with Crippen molar-refractivity contribution in [3.05, 3.63) is 0 Å². The monoisotopic (exact) mass is 313 g/mol. The molecule has 116 valence electrons. The lowest BCUT2D eigenvalue weighted by Gasteiger charge is -2.26. The van der Waals surface area contributed by atoms with Crippen molar-refractivity contribution < 1.29 is 4.79 Å². The number of likely N-dealkylation sites (N-methyl/N-ethyl adjacent to an activating group) is 1. The number of hydrogen-bond acceptors (Lipinski definition) is 3. The Kier molecular flexibility index (Phi) is 13.2. The van der Waals surface area contributed by atoms with Gasteiger partial charge in [0.25, 0.3) is 0 Å². The number of carbonyl (C=O) groups excluding carboxylic acids is 1. The van der Waals surface area contributed by atoms with Gasteiger partial charge in [-0.25, -0.2) is 0 Å². The highest BCUT2D eigenvalue weighted by atomic mass is 35.5. The van der Waals surface area contributed by atoms with Gasteiger partial charge in [-0.05, 0) is 32.4 Å². The highest BCUT2D eigenvalue weighted by molar-refractivity contribution is 5.85. The molecule has 0 aliphatic heterocycles. The molecular formula is C13H29Cl2N3O. The molecule has 0 radical (unpaired) electrons. The quantitative estimate of drug-likeness (QED) is 0.786. The van der Waals surface area contributed by atoms with E-state index < -0.39 is 0 Å². The summed E-state index contributed by atoms with van der Waals surface area (Å²) in [5.74, 6) is 0.350. The molecule has 4 nitrogen and oxygen atoms in total. The first-order chi connectivity index (χ1) is 8.17. The van der Waals surface area contributed by atoms with Crippen LogP contribution in [-0.2, 0) is 4.79 Å². The minimum Gasteiger partial charge on any atom is -0.355 e. The molecule has 1 saturated carbocycles. The summed E-state index contributed by atoms with van der Waals surface area (Å²) in [5, 5.41) is 3.04. The van der Waals surface area contributed by atoms with Crippen molar-refractivity contribution in [3.63, 3.8) is 0 Å². The van der Waals surface area contributed by atoms with Crippen molar-refractivity contribution in [3.8, 4) is 0 Å². The first kappa shape index (κ1) is 21.3. The Balaban J connectivity index is 0. The van der Waals surface area contributed by atoms with E-state index in [0.717, 1.165) is 51.9 Å². The molecule has 1 rings (SSSR count). The van der Waals surface area contributed by atoms with Crippen LogP contribution in [0.15, 0.2) is 0 Å². The maximum absolute atomic E-state index is 11.9. The number of amides is 1. The molecule has 19 heavy (non-hydrogen) atoms. The summed E-state index contributed by atoms with van der Waals surface area (Å²) in [6.07, 6.45) is 4.03. The van der Waals surface area contributed by atoms with Gasteiger partial charge >= 0.3 is 0 Å². The SMILES string of the molecule is CCN(CC)CCNC(=O)C1CCCC(N)C1.Cl.Cl. The number of carbonyl (C=O) groups is 1. The van der Waals surface area contributed by atoms with E-state index in [0.29, 0.717) is 0 Å². The Morgan fingerprint density at radius 3 is 2.42 bits per heavy atom. The molecule has 1 aliphatic carbocycles. The summed E-state index contributed by atoms with van der Waals surface area (Å²) in [7, 11) is 0. The Morgan fingerprint density at radius 2 is 1.89 bits per heavy atom. The summed E-state index contributed by atoms with van der Waals surface area (Å²) in [6, 6.07) is 0.224. The second kappa shape index (κ2) is 11.8. The van der Waals surface area contributed by atoms with Gasteiger partial charge in [0.05, 0.1) is 0 Å². The molecule has 6 heteroatoms. The van der Waals surface area contributed by atoms with E-state index in [1.165, 1.54) is 0 Å². The zero-order valence-corrected chi connectivity index (χ0v) is 13.7. The fraction of sp³-hybridized carbons (Fsp3) is 0.923. The van der Waals surface area contributed by atoms with E-state index in [1.54, 1.807) is 0 Å². The Bertz CT molecular complexity index is 238. The van der Waals surface area contributed by atoms with Crippen LogP contribution in [0.2, 0.25) is 0 Å². The van der Waals surface area contributed by atoms with Crippen molar-refractivity contribution in [2.45, 2.75) is 45.6 Å². The third-order valence-electron chi connectivity index (χ3n) is 3.71. The molecule has 2 unspecified atom stereocenters. The summed E-state index contributed by atoms with van der Waals surface area (Å²) >= 11 is 0. The Morgan fingerprint density at radius 1 is 1.26 bits per heavy atom. The molecule has 1 aliphatic rings. The summed E-state index contributed by atoms with van der Waals surface area (Å²) in [4.78, 5) is 14.2. The van der Waals surface area contributed by atoms with Gasteiger partial charge in [0.15, 0.2) is 0 Å². The minimum atomic E-state index is 0. The van der Waals surface area contributed by atoms with Crippen LogP contribution >= 0.6 is 24.8 Å². The Hall–Kier alpha value is -0.0300. The van der Waals surface area contributed by atoms with Crippen molar-refractivity contribution in [2.75, 3.05) is 26.2 Å². The van der Waals surface area contributed by atoms with Crippen molar-refractivity contribution >= 4 is 30.7 Å². The average molecular weight is 314 g/mol. The highest BCUT2D eigenvalue weighted by Gasteiger charge is 2.24. The summed E-state index contributed by atoms with van der Waals surface area (Å²) in [6.45, 7) is 8.07. The van der Waals surface area contributed by atoms with Crippen molar-refractivity contribution in [2.24, 2.45) is 11.7 Å². The number of hydrogen-bond donors (Lipinski definition) is 2. The maximum atomic E-state index is 11.9. The first-order valence-electron chi connectivity index (χ1n) is 6.93. The third-order valence-corrected chi connectivity index (χ3v) is 3.71. The molecular weight excluding hydrogens is 285 g/mol. The van der Waals surface area contributed by atoms with E-state index in [9.17, 15) is 4.79 Å². The molecule has 0 aromatic heterocycles. The normalized spacial score (nSPS) is 22.3. The second-order valence-electron chi connectivity index (χ2n) is 4.94. The zero-order chi connectivity index (χ0) is 12.7. The van der Waals surface area contributed by atoms with E-state index in [2.05, 4.69) is 24.1 Å². The smallest absolute Gasteiger partial charge is 0.223 e. The molecule has 2 atom stereocenters. The predicted molar refractivity (Wildman–Crippen MR) is 85.2 cm³/mol. The number of nitrogens with one attached hydrogen (secondary N) is 1. The molecule has 0 aromatic rings. The minimum absolute atomic E-state index is 0. The van der Waals surface area contributed by atoms with Crippen LogP contribution in [0.3, 0.4) is 0 Å². The lowest BCUT2D eigenvalue weighted by molar-refractivity contribution is -0.126. The van der Waals surface area contributed by atoms with E-state index >= 15 is 0 Å². The standard InChI is InChI=1S/C13H27N3O.2ClH/c1-3-16(4-2)9-8-15-13(17)11-6-5-7-12(14)10-11;;/h11-12H,3-10,14H2,1-2H3,(H,15,17);2*1H. The molecule has 1 fully saturated rings. The highest BCUT2D eigenvalue weighted by Crippen LogP contribution is 2.22. The van der Waals surface area contributed by atoms with Crippen molar-refractivity contribution in [1.82, 2.24) is 10.2 Å². The second-order valence-corrected chi connectivity index (χ2v) is 4.94. The van der Waals surface area contributed by atoms with Crippen molar-refractivity contribution in [1.29, 1.82) is 0 Å². The van der Waals surface area contributed by atoms with Gasteiger partial charge in [0, 0.05) is 25.0 Å². The van der Waals surface area contributed by atoms with Gasteiger partial charge in [-0.15, -0.1) is 24.8 Å². The summed E-state index contributed by atoms with van der Waals surface area (Å²) < 4.78 is 0. The third kappa shape index (κ3) is 7.98. The molecule has 1 amide bonds. The average Bonchev–Trinajstić information content (AvgIpc) is 2.34. The van der Waals surface area contributed by atoms with Gasteiger partial charge in [-0.1, -0.05) is 20.3 Å². The fourth-order valence-electron chi connectivity index (χ4n) is 2.49. The van der Waals surface area contributed by atoms with E-state index in [4.69, 9.17) is 5.73 Å². The van der Waals surface area contributed by atoms with Gasteiger partial charge in [-0.2, -0.15) is 0 Å². The van der Waals surface area contributed by atoms with E-state index in [1.807, 2.05) is 0 Å². The number of halogens is 2. The maximum Gasteiger partial charge on any atom is 0.223 e. The molecule has 0 heterocycles. The molecule has 0 aromatic carbocycles. The van der Waals surface area contributed by atoms with Crippen LogP contribution in [0.25, 0.3) is 0 Å². The van der Waals surface area contributed by atoms with Gasteiger partial charge in [-0.3, -0.25) is 4.79 Å². The topological polar surface area (TPSA) is 58.4 Å². The first-order valence-corrected chi connectivity index (χ1v) is 6.93. The predicted octanol–water partition coefficient (Wildman–Crippen LogP) is 1.81. The van der Waals surface area contributed by atoms with Crippen LogP contribution in [0.1, 0.15) is 39.5 Å². The van der Waals surface area contributed by atoms with Crippen LogP contribution in [0.5, 0.6) is 0 Å². The summed E-state index contributed by atoms with van der Waals surface area (Å²) in [5.41, 5.74) is 5.89. The van der Waals surface area contributed by atoms with E-state index in [-0.39, 0.29) is 42.7 Å². The van der Waals surface area contributed by atoms with Gasteiger partial charge < -0.3 is 16.0 Å². The lowest BCUT2D eigenvalue weighted by atomic mass is 9.85. The molecule has 0 bridgehead atoms. The number of rotatable bonds is 6.